The van der Waals surface area contributed by atoms with E-state index in [1.807, 2.05) is 29.2 Å². The lowest BCUT2D eigenvalue weighted by molar-refractivity contribution is -0.143. The maximum absolute atomic E-state index is 13.4. The lowest BCUT2D eigenvalue weighted by Crippen LogP contribution is -2.50. The average molecular weight is 401 g/mol. The van der Waals surface area contributed by atoms with Crippen LogP contribution >= 0.6 is 0 Å². The van der Waals surface area contributed by atoms with Gasteiger partial charge in [-0.05, 0) is 31.7 Å². The molecule has 29 heavy (non-hydrogen) atoms. The van der Waals surface area contributed by atoms with E-state index in [2.05, 4.69) is 12.2 Å². The number of unbranched alkanes of at least 4 members (excludes halogenated alkanes) is 1. The van der Waals surface area contributed by atoms with Crippen LogP contribution in [0.1, 0.15) is 82.7 Å². The third-order valence-corrected chi connectivity index (χ3v) is 6.45. The highest BCUT2D eigenvalue weighted by atomic mass is 16.5. The second-order valence-corrected chi connectivity index (χ2v) is 8.47. The normalized spacial score (nSPS) is 23.5. The van der Waals surface area contributed by atoms with Crippen molar-refractivity contribution < 1.29 is 14.3 Å². The standard InChI is InChI=1S/C24H36N2O3/c1-3-4-17-26-22(27)16-15-20(23(26)19-13-9-10-14-21(19)29-2)24(28)25-18-11-7-5-6-8-12-18/h9-10,13-14,18,20,23H,3-8,11-12,15-17H2,1-2H3,(H,25,28)/t20-,23+/m0/s1. The summed E-state index contributed by atoms with van der Waals surface area (Å²) in [6, 6.07) is 7.84. The van der Waals surface area contributed by atoms with E-state index in [1.165, 1.54) is 25.7 Å². The van der Waals surface area contributed by atoms with Crippen molar-refractivity contribution in [2.24, 2.45) is 5.92 Å². The van der Waals surface area contributed by atoms with Gasteiger partial charge in [-0.1, -0.05) is 57.2 Å². The molecule has 1 saturated carbocycles. The Morgan fingerprint density at radius 3 is 2.55 bits per heavy atom. The number of nitrogens with zero attached hydrogens (tertiary/aromatic N) is 1. The SMILES string of the molecule is CCCCN1C(=O)CC[C@H](C(=O)NC2CCCCCC2)[C@H]1c1ccccc1OC. The predicted octanol–water partition coefficient (Wildman–Crippen LogP) is 4.61. The number of ether oxygens (including phenoxy) is 1. The Kier molecular flexibility index (Phi) is 7.96. The topological polar surface area (TPSA) is 58.6 Å². The van der Waals surface area contributed by atoms with Crippen molar-refractivity contribution in [2.45, 2.75) is 83.2 Å². The van der Waals surface area contributed by atoms with E-state index >= 15 is 0 Å². The number of hydrogen-bond donors (Lipinski definition) is 1. The maximum Gasteiger partial charge on any atom is 0.225 e. The third-order valence-electron chi connectivity index (χ3n) is 6.45. The summed E-state index contributed by atoms with van der Waals surface area (Å²) < 4.78 is 5.61. The largest absolute Gasteiger partial charge is 0.496 e. The molecule has 1 aliphatic carbocycles. The molecule has 2 amide bonds. The van der Waals surface area contributed by atoms with E-state index in [1.54, 1.807) is 7.11 Å². The summed E-state index contributed by atoms with van der Waals surface area (Å²) in [5, 5.41) is 3.34. The van der Waals surface area contributed by atoms with Gasteiger partial charge in [0.1, 0.15) is 5.75 Å². The van der Waals surface area contributed by atoms with E-state index in [-0.39, 0.29) is 29.8 Å². The second-order valence-electron chi connectivity index (χ2n) is 8.47. The molecule has 3 rings (SSSR count). The smallest absolute Gasteiger partial charge is 0.225 e. The minimum Gasteiger partial charge on any atom is -0.496 e. The maximum atomic E-state index is 13.4. The average Bonchev–Trinajstić information content (AvgIpc) is 3.01. The molecule has 160 valence electrons. The van der Waals surface area contributed by atoms with Crippen molar-refractivity contribution in [2.75, 3.05) is 13.7 Å². The number of benzene rings is 1. The van der Waals surface area contributed by atoms with E-state index in [0.717, 1.165) is 37.0 Å². The summed E-state index contributed by atoms with van der Waals surface area (Å²) >= 11 is 0. The number of nitrogens with one attached hydrogen (secondary N) is 1. The Balaban J connectivity index is 1.87. The molecule has 2 atom stereocenters. The van der Waals surface area contributed by atoms with Gasteiger partial charge < -0.3 is 15.0 Å². The van der Waals surface area contributed by atoms with Crippen LogP contribution in [0.5, 0.6) is 5.75 Å². The van der Waals surface area contributed by atoms with Gasteiger partial charge in [-0.3, -0.25) is 9.59 Å². The van der Waals surface area contributed by atoms with Crippen LogP contribution in [0.4, 0.5) is 0 Å². The highest BCUT2D eigenvalue weighted by Crippen LogP contribution is 2.41. The van der Waals surface area contributed by atoms with Crippen LogP contribution in [0.25, 0.3) is 0 Å². The molecule has 0 radical (unpaired) electrons. The van der Waals surface area contributed by atoms with E-state index in [9.17, 15) is 9.59 Å². The monoisotopic (exact) mass is 400 g/mol. The molecule has 2 aliphatic rings. The number of carbonyl (C=O) groups excluding carboxylic acids is 2. The number of hydrogen-bond acceptors (Lipinski definition) is 3. The van der Waals surface area contributed by atoms with Crippen molar-refractivity contribution in [1.29, 1.82) is 0 Å². The molecule has 1 aliphatic heterocycles. The summed E-state index contributed by atoms with van der Waals surface area (Å²) in [4.78, 5) is 28.2. The molecule has 1 heterocycles. The first-order chi connectivity index (χ1) is 14.2. The van der Waals surface area contributed by atoms with Crippen LogP contribution < -0.4 is 10.1 Å². The molecule has 0 spiro atoms. The van der Waals surface area contributed by atoms with Gasteiger partial charge in [-0.15, -0.1) is 0 Å². The fraction of sp³-hybridized carbons (Fsp3) is 0.667. The molecule has 1 aromatic carbocycles. The van der Waals surface area contributed by atoms with Gasteiger partial charge in [-0.2, -0.15) is 0 Å². The van der Waals surface area contributed by atoms with Gasteiger partial charge in [0.2, 0.25) is 11.8 Å². The Labute approximate surface area is 175 Å². The minimum atomic E-state index is -0.260. The fourth-order valence-electron chi connectivity index (χ4n) is 4.85. The quantitative estimate of drug-likeness (QED) is 0.680. The molecule has 5 heteroatoms. The van der Waals surface area contributed by atoms with Crippen molar-refractivity contribution in [3.63, 3.8) is 0 Å². The number of likely N-dealkylation sites (tertiary alicyclic amines) is 1. The van der Waals surface area contributed by atoms with Crippen molar-refractivity contribution in [3.8, 4) is 5.75 Å². The van der Waals surface area contributed by atoms with Gasteiger partial charge in [0.15, 0.2) is 0 Å². The van der Waals surface area contributed by atoms with Gasteiger partial charge in [-0.25, -0.2) is 0 Å². The Bertz CT molecular complexity index is 682. The highest BCUT2D eigenvalue weighted by Gasteiger charge is 2.41. The number of rotatable bonds is 7. The summed E-state index contributed by atoms with van der Waals surface area (Å²) in [5.74, 6) is 0.764. The lowest BCUT2D eigenvalue weighted by atomic mass is 9.82. The van der Waals surface area contributed by atoms with Crippen LogP contribution in [0.15, 0.2) is 24.3 Å². The minimum absolute atomic E-state index is 0.0989. The van der Waals surface area contributed by atoms with Gasteiger partial charge in [0.25, 0.3) is 0 Å². The molecule has 5 nitrogen and oxygen atoms in total. The first kappa shape index (κ1) is 21.7. The fourth-order valence-corrected chi connectivity index (χ4v) is 4.85. The first-order valence-electron chi connectivity index (χ1n) is 11.4. The summed E-state index contributed by atoms with van der Waals surface area (Å²) in [6.07, 6.45) is 10.0. The first-order valence-corrected chi connectivity index (χ1v) is 11.4. The molecular formula is C24H36N2O3. The molecular weight excluding hydrogens is 364 g/mol. The molecule has 0 unspecified atom stereocenters. The summed E-state index contributed by atoms with van der Waals surface area (Å²) in [6.45, 7) is 2.81. The van der Waals surface area contributed by atoms with Gasteiger partial charge in [0.05, 0.1) is 19.1 Å². The third kappa shape index (κ3) is 5.31. The van der Waals surface area contributed by atoms with Crippen LogP contribution in [0.3, 0.4) is 0 Å². The number of methoxy groups -OCH3 is 1. The van der Waals surface area contributed by atoms with Crippen LogP contribution in [-0.4, -0.2) is 36.4 Å². The molecule has 1 aromatic rings. The molecule has 0 aromatic heterocycles. The van der Waals surface area contributed by atoms with Gasteiger partial charge >= 0.3 is 0 Å². The van der Waals surface area contributed by atoms with Crippen molar-refractivity contribution >= 4 is 11.8 Å². The Hall–Kier alpha value is -2.04. The van der Waals surface area contributed by atoms with Crippen LogP contribution in [0.2, 0.25) is 0 Å². The zero-order chi connectivity index (χ0) is 20.6. The lowest BCUT2D eigenvalue weighted by Gasteiger charge is -2.41. The van der Waals surface area contributed by atoms with Crippen molar-refractivity contribution in [1.82, 2.24) is 10.2 Å². The van der Waals surface area contributed by atoms with Crippen molar-refractivity contribution in [3.05, 3.63) is 29.8 Å². The Morgan fingerprint density at radius 2 is 1.86 bits per heavy atom. The molecule has 1 saturated heterocycles. The van der Waals surface area contributed by atoms with Crippen LogP contribution in [-0.2, 0) is 9.59 Å². The zero-order valence-electron chi connectivity index (χ0n) is 18.0. The van der Waals surface area contributed by atoms with E-state index < -0.39 is 0 Å². The molecule has 0 bridgehead atoms. The number of piperidine rings is 1. The highest BCUT2D eigenvalue weighted by molar-refractivity contribution is 5.85. The second kappa shape index (κ2) is 10.7. The van der Waals surface area contributed by atoms with E-state index in [4.69, 9.17) is 4.74 Å². The molecule has 2 fully saturated rings. The Morgan fingerprint density at radius 1 is 1.14 bits per heavy atom. The molecule has 1 N–H and O–H groups in total. The number of amides is 2. The summed E-state index contributed by atoms with van der Waals surface area (Å²) in [5.41, 5.74) is 0.945. The predicted molar refractivity (Wildman–Crippen MR) is 115 cm³/mol. The summed E-state index contributed by atoms with van der Waals surface area (Å²) in [7, 11) is 1.65. The van der Waals surface area contributed by atoms with Gasteiger partial charge in [0, 0.05) is 24.6 Å². The number of para-hydroxylation sites is 1. The zero-order valence-corrected chi connectivity index (χ0v) is 18.0. The van der Waals surface area contributed by atoms with Crippen LogP contribution in [0, 0.1) is 5.92 Å². The number of carbonyl (C=O) groups is 2. The van der Waals surface area contributed by atoms with E-state index in [0.29, 0.717) is 19.4 Å².